The summed E-state index contributed by atoms with van der Waals surface area (Å²) in [5, 5.41) is 0. The van der Waals surface area contributed by atoms with Crippen molar-refractivity contribution in [1.82, 2.24) is 4.90 Å². The average Bonchev–Trinajstić information content (AvgIpc) is 2.77. The molecule has 0 amide bonds. The van der Waals surface area contributed by atoms with Crippen LogP contribution in [0.3, 0.4) is 0 Å². The van der Waals surface area contributed by atoms with E-state index in [9.17, 15) is 4.79 Å². The summed E-state index contributed by atoms with van der Waals surface area (Å²) >= 11 is 0. The summed E-state index contributed by atoms with van der Waals surface area (Å²) in [6, 6.07) is 8.08. The Morgan fingerprint density at radius 1 is 1.13 bits per heavy atom. The zero-order chi connectivity index (χ0) is 21.4. The highest BCUT2D eigenvalue weighted by atomic mass is 16.5. The maximum absolute atomic E-state index is 12.4. The van der Waals surface area contributed by atoms with E-state index < -0.39 is 0 Å². The summed E-state index contributed by atoms with van der Waals surface area (Å²) < 4.78 is 16.5. The van der Waals surface area contributed by atoms with Crippen LogP contribution < -0.4 is 4.74 Å². The Balaban J connectivity index is 1.81. The van der Waals surface area contributed by atoms with Crippen molar-refractivity contribution in [2.45, 2.75) is 39.5 Å². The smallest absolute Gasteiger partial charge is 0.309 e. The zero-order valence-corrected chi connectivity index (χ0v) is 18.6. The number of morpholine rings is 1. The van der Waals surface area contributed by atoms with Gasteiger partial charge in [0.2, 0.25) is 0 Å². The fourth-order valence-corrected chi connectivity index (χ4v) is 3.38. The average molecular weight is 416 g/mol. The van der Waals surface area contributed by atoms with Gasteiger partial charge in [-0.15, -0.1) is 0 Å². The summed E-state index contributed by atoms with van der Waals surface area (Å²) in [7, 11) is 0. The van der Waals surface area contributed by atoms with E-state index in [-0.39, 0.29) is 11.9 Å². The lowest BCUT2D eigenvalue weighted by molar-refractivity contribution is -0.147. The molecule has 0 radical (unpaired) electrons. The van der Waals surface area contributed by atoms with Crippen LogP contribution in [0, 0.1) is 5.92 Å². The van der Waals surface area contributed by atoms with Gasteiger partial charge in [-0.25, -0.2) is 0 Å². The Kier molecular flexibility index (Phi) is 11.9. The maximum atomic E-state index is 12.4. The molecule has 166 valence electrons. The summed E-state index contributed by atoms with van der Waals surface area (Å²) in [6.45, 7) is 9.44. The normalized spacial score (nSPS) is 16.2. The van der Waals surface area contributed by atoms with Gasteiger partial charge in [-0.1, -0.05) is 36.4 Å². The second-order valence-electron chi connectivity index (χ2n) is 7.45. The van der Waals surface area contributed by atoms with E-state index >= 15 is 0 Å². The van der Waals surface area contributed by atoms with E-state index in [1.54, 1.807) is 0 Å². The van der Waals surface area contributed by atoms with Crippen LogP contribution in [0.25, 0.3) is 0 Å². The first kappa shape index (κ1) is 24.2. The van der Waals surface area contributed by atoms with Crippen molar-refractivity contribution >= 4 is 5.97 Å². The van der Waals surface area contributed by atoms with E-state index in [0.717, 1.165) is 57.0 Å². The molecule has 1 saturated heterocycles. The molecule has 1 atom stereocenters. The number of hydrogen-bond acceptors (Lipinski definition) is 5. The Hall–Kier alpha value is -2.11. The van der Waals surface area contributed by atoms with Gasteiger partial charge in [-0.05, 0) is 57.2 Å². The van der Waals surface area contributed by atoms with E-state index in [4.69, 9.17) is 14.2 Å². The molecule has 1 aliphatic rings. The van der Waals surface area contributed by atoms with Crippen molar-refractivity contribution in [3.05, 3.63) is 54.1 Å². The maximum Gasteiger partial charge on any atom is 0.309 e. The van der Waals surface area contributed by atoms with Crippen LogP contribution in [0.5, 0.6) is 5.75 Å². The van der Waals surface area contributed by atoms with Crippen LogP contribution in [0.15, 0.2) is 48.6 Å². The minimum atomic E-state index is -0.156. The number of allylic oxidation sites excluding steroid dienone is 4. The number of carbonyl (C=O) groups is 1. The second-order valence-corrected chi connectivity index (χ2v) is 7.45. The van der Waals surface area contributed by atoms with Crippen molar-refractivity contribution in [2.24, 2.45) is 5.92 Å². The predicted molar refractivity (Wildman–Crippen MR) is 121 cm³/mol. The third kappa shape index (κ3) is 9.59. The van der Waals surface area contributed by atoms with Gasteiger partial charge in [0.1, 0.15) is 12.4 Å². The highest BCUT2D eigenvalue weighted by Crippen LogP contribution is 2.19. The minimum Gasteiger partial charge on any atom is -0.492 e. The van der Waals surface area contributed by atoms with E-state index in [0.29, 0.717) is 26.1 Å². The fourth-order valence-electron chi connectivity index (χ4n) is 3.38. The van der Waals surface area contributed by atoms with Crippen LogP contribution in [0.2, 0.25) is 0 Å². The molecule has 1 unspecified atom stereocenters. The van der Waals surface area contributed by atoms with Gasteiger partial charge < -0.3 is 14.2 Å². The van der Waals surface area contributed by atoms with Gasteiger partial charge >= 0.3 is 5.97 Å². The van der Waals surface area contributed by atoms with Gasteiger partial charge in [0.15, 0.2) is 0 Å². The summed E-state index contributed by atoms with van der Waals surface area (Å²) in [6.07, 6.45) is 11.9. The SMILES string of the molecule is CC=CCCC=CCC(Cc1ccc(OCCN2CCOCC2)cc1)C(=O)OCC. The molecule has 5 heteroatoms. The number of carbonyl (C=O) groups excluding carboxylic acids is 1. The van der Waals surface area contributed by atoms with Crippen molar-refractivity contribution in [3.63, 3.8) is 0 Å². The highest BCUT2D eigenvalue weighted by molar-refractivity contribution is 5.73. The molecular formula is C25H37NO4. The number of ether oxygens (including phenoxy) is 3. The molecule has 0 aromatic heterocycles. The largest absolute Gasteiger partial charge is 0.492 e. The lowest BCUT2D eigenvalue weighted by Crippen LogP contribution is -2.38. The standard InChI is InChI=1S/C25H37NO4/c1-3-5-6-7-8-9-10-23(25(27)29-4-2)21-22-11-13-24(14-12-22)30-20-17-26-15-18-28-19-16-26/h3,5,8-9,11-14,23H,4,6-7,10,15-21H2,1-2H3. The van der Waals surface area contributed by atoms with Crippen LogP contribution >= 0.6 is 0 Å². The summed E-state index contributed by atoms with van der Waals surface area (Å²) in [5.41, 5.74) is 1.12. The predicted octanol–water partition coefficient (Wildman–Crippen LogP) is 4.42. The van der Waals surface area contributed by atoms with Crippen LogP contribution in [0.4, 0.5) is 0 Å². The molecule has 1 fully saturated rings. The number of benzene rings is 1. The Labute approximate surface area is 181 Å². The van der Waals surface area contributed by atoms with E-state index in [1.807, 2.05) is 38.1 Å². The number of hydrogen-bond donors (Lipinski definition) is 0. The van der Waals surface area contributed by atoms with Crippen LogP contribution in [0.1, 0.15) is 38.7 Å². The molecule has 0 N–H and O–H groups in total. The molecule has 30 heavy (non-hydrogen) atoms. The molecule has 1 aromatic rings. The summed E-state index contributed by atoms with van der Waals surface area (Å²) in [4.78, 5) is 14.7. The van der Waals surface area contributed by atoms with Gasteiger partial charge in [-0.3, -0.25) is 9.69 Å². The molecule has 2 rings (SSSR count). The first-order valence-corrected chi connectivity index (χ1v) is 11.2. The van der Waals surface area contributed by atoms with Crippen molar-refractivity contribution in [1.29, 1.82) is 0 Å². The Bertz CT molecular complexity index is 648. The van der Waals surface area contributed by atoms with Crippen molar-refractivity contribution in [2.75, 3.05) is 46.1 Å². The first-order valence-electron chi connectivity index (χ1n) is 11.2. The quantitative estimate of drug-likeness (QED) is 0.271. The third-order valence-corrected chi connectivity index (χ3v) is 5.13. The van der Waals surface area contributed by atoms with Crippen LogP contribution in [-0.4, -0.2) is 56.9 Å². The van der Waals surface area contributed by atoms with Gasteiger partial charge in [0.25, 0.3) is 0 Å². The topological polar surface area (TPSA) is 48.0 Å². The molecule has 1 aliphatic heterocycles. The molecule has 0 spiro atoms. The number of unbranched alkanes of at least 4 members (excludes halogenated alkanes) is 1. The van der Waals surface area contributed by atoms with Crippen LogP contribution in [-0.2, 0) is 20.7 Å². The van der Waals surface area contributed by atoms with Gasteiger partial charge in [0, 0.05) is 19.6 Å². The zero-order valence-electron chi connectivity index (χ0n) is 18.6. The molecule has 0 saturated carbocycles. The lowest BCUT2D eigenvalue weighted by atomic mass is 9.95. The van der Waals surface area contributed by atoms with Gasteiger partial charge in [-0.2, -0.15) is 0 Å². The molecule has 1 aromatic carbocycles. The summed E-state index contributed by atoms with van der Waals surface area (Å²) in [5.74, 6) is 0.584. The first-order chi connectivity index (χ1) is 14.7. The second kappa shape index (κ2) is 14.8. The highest BCUT2D eigenvalue weighted by Gasteiger charge is 2.19. The monoisotopic (exact) mass is 415 g/mol. The fraction of sp³-hybridized carbons (Fsp3) is 0.560. The Morgan fingerprint density at radius 2 is 1.87 bits per heavy atom. The Morgan fingerprint density at radius 3 is 2.57 bits per heavy atom. The number of nitrogens with zero attached hydrogens (tertiary/aromatic N) is 1. The molecule has 0 aliphatic carbocycles. The molecule has 5 nitrogen and oxygen atoms in total. The molecule has 0 bridgehead atoms. The third-order valence-electron chi connectivity index (χ3n) is 5.13. The van der Waals surface area contributed by atoms with E-state index in [2.05, 4.69) is 29.2 Å². The van der Waals surface area contributed by atoms with E-state index in [1.165, 1.54) is 0 Å². The van der Waals surface area contributed by atoms with Gasteiger partial charge in [0.05, 0.1) is 25.7 Å². The number of esters is 1. The lowest BCUT2D eigenvalue weighted by Gasteiger charge is -2.26. The number of rotatable bonds is 13. The molecular weight excluding hydrogens is 378 g/mol. The van der Waals surface area contributed by atoms with Crippen molar-refractivity contribution < 1.29 is 19.0 Å². The minimum absolute atomic E-state index is 0.124. The van der Waals surface area contributed by atoms with Crippen molar-refractivity contribution in [3.8, 4) is 5.75 Å². The molecule has 1 heterocycles.